The van der Waals surface area contributed by atoms with E-state index in [0.29, 0.717) is 17.1 Å². The number of hydrogen-bond acceptors (Lipinski definition) is 3. The van der Waals surface area contributed by atoms with Crippen molar-refractivity contribution in [2.75, 3.05) is 26.7 Å². The minimum absolute atomic E-state index is 0. The second kappa shape index (κ2) is 9.81. The molecule has 0 saturated carbocycles. The van der Waals surface area contributed by atoms with Crippen molar-refractivity contribution in [3.63, 3.8) is 0 Å². The van der Waals surface area contributed by atoms with Gasteiger partial charge in [0.25, 0.3) is 5.91 Å². The SMILES string of the molecule is COc1ccc(C(CNC(=O)c2ccccc2Cl)N2CCCC2)cc1.Cl. The van der Waals surface area contributed by atoms with Crippen molar-refractivity contribution in [2.24, 2.45) is 0 Å². The van der Waals surface area contributed by atoms with E-state index >= 15 is 0 Å². The summed E-state index contributed by atoms with van der Waals surface area (Å²) in [5.74, 6) is 0.701. The number of methoxy groups -OCH3 is 1. The number of benzene rings is 2. The third kappa shape index (κ3) is 4.91. The molecule has 1 heterocycles. The lowest BCUT2D eigenvalue weighted by molar-refractivity contribution is 0.0938. The predicted molar refractivity (Wildman–Crippen MR) is 108 cm³/mol. The third-order valence-electron chi connectivity index (χ3n) is 4.66. The smallest absolute Gasteiger partial charge is 0.252 e. The molecule has 0 aliphatic carbocycles. The summed E-state index contributed by atoms with van der Waals surface area (Å²) in [5, 5.41) is 3.52. The molecule has 0 spiro atoms. The Labute approximate surface area is 165 Å². The summed E-state index contributed by atoms with van der Waals surface area (Å²) in [4.78, 5) is 14.9. The van der Waals surface area contributed by atoms with E-state index in [1.165, 1.54) is 18.4 Å². The highest BCUT2D eigenvalue weighted by molar-refractivity contribution is 6.33. The third-order valence-corrected chi connectivity index (χ3v) is 4.99. The number of nitrogens with one attached hydrogen (secondary N) is 1. The average molecular weight is 395 g/mol. The quantitative estimate of drug-likeness (QED) is 0.791. The molecule has 1 saturated heterocycles. The Bertz CT molecular complexity index is 716. The Hall–Kier alpha value is -1.75. The summed E-state index contributed by atoms with van der Waals surface area (Å²) in [6, 6.07) is 15.4. The molecule has 1 N–H and O–H groups in total. The number of hydrogen-bond donors (Lipinski definition) is 1. The Morgan fingerprint density at radius 3 is 2.42 bits per heavy atom. The van der Waals surface area contributed by atoms with Crippen LogP contribution < -0.4 is 10.1 Å². The summed E-state index contributed by atoms with van der Waals surface area (Å²) in [6.07, 6.45) is 2.40. The molecule has 1 amide bonds. The first-order valence-electron chi connectivity index (χ1n) is 8.60. The van der Waals surface area contributed by atoms with Crippen LogP contribution in [-0.2, 0) is 0 Å². The van der Waals surface area contributed by atoms with Crippen molar-refractivity contribution >= 4 is 29.9 Å². The van der Waals surface area contributed by atoms with Gasteiger partial charge >= 0.3 is 0 Å². The molecule has 1 aliphatic rings. The van der Waals surface area contributed by atoms with Gasteiger partial charge in [-0.2, -0.15) is 0 Å². The predicted octanol–water partition coefficient (Wildman–Crippen LogP) is 4.34. The van der Waals surface area contributed by atoms with Gasteiger partial charge in [0.05, 0.1) is 23.7 Å². The number of nitrogens with zero attached hydrogens (tertiary/aromatic N) is 1. The van der Waals surface area contributed by atoms with E-state index in [1.54, 1.807) is 19.2 Å². The van der Waals surface area contributed by atoms with Crippen molar-refractivity contribution in [1.82, 2.24) is 10.2 Å². The van der Waals surface area contributed by atoms with Gasteiger partial charge in [0.2, 0.25) is 0 Å². The first kappa shape index (κ1) is 20.6. The first-order valence-corrected chi connectivity index (χ1v) is 8.97. The lowest BCUT2D eigenvalue weighted by Crippen LogP contribution is -2.36. The van der Waals surface area contributed by atoms with Crippen molar-refractivity contribution < 1.29 is 9.53 Å². The van der Waals surface area contributed by atoms with Gasteiger partial charge in [0.15, 0.2) is 0 Å². The molecular formula is C20H24Cl2N2O2. The number of likely N-dealkylation sites (tertiary alicyclic amines) is 1. The van der Waals surface area contributed by atoms with E-state index in [0.717, 1.165) is 18.8 Å². The van der Waals surface area contributed by atoms with E-state index in [1.807, 2.05) is 24.3 Å². The standard InChI is InChI=1S/C20H23ClN2O2.ClH/c1-25-16-10-8-15(9-11-16)19(23-12-4-5-13-23)14-22-20(24)17-6-2-3-7-18(17)21;/h2-3,6-11,19H,4-5,12-14H2,1H3,(H,22,24);1H. The second-order valence-electron chi connectivity index (χ2n) is 6.22. The molecule has 140 valence electrons. The molecule has 1 atom stereocenters. The van der Waals surface area contributed by atoms with Crippen molar-refractivity contribution in [3.05, 3.63) is 64.7 Å². The number of ether oxygens (including phenoxy) is 1. The Balaban J connectivity index is 0.00000243. The molecule has 1 fully saturated rings. The van der Waals surface area contributed by atoms with Crippen LogP contribution in [0.5, 0.6) is 5.75 Å². The van der Waals surface area contributed by atoms with Crippen LogP contribution in [0.1, 0.15) is 34.8 Å². The number of halogens is 2. The van der Waals surface area contributed by atoms with E-state index in [2.05, 4.69) is 22.3 Å². The Morgan fingerprint density at radius 1 is 1.15 bits per heavy atom. The molecule has 1 aliphatic heterocycles. The van der Waals surface area contributed by atoms with Crippen LogP contribution in [0.25, 0.3) is 0 Å². The molecule has 26 heavy (non-hydrogen) atoms. The van der Waals surface area contributed by atoms with E-state index in [-0.39, 0.29) is 24.4 Å². The number of carbonyl (C=O) groups is 1. The summed E-state index contributed by atoms with van der Waals surface area (Å²) in [6.45, 7) is 2.66. The summed E-state index contributed by atoms with van der Waals surface area (Å²) < 4.78 is 5.25. The van der Waals surface area contributed by atoms with Gasteiger partial charge in [-0.15, -0.1) is 12.4 Å². The van der Waals surface area contributed by atoms with Crippen LogP contribution in [0.3, 0.4) is 0 Å². The highest BCUT2D eigenvalue weighted by atomic mass is 35.5. The van der Waals surface area contributed by atoms with Crippen LogP contribution in [0.15, 0.2) is 48.5 Å². The summed E-state index contributed by atoms with van der Waals surface area (Å²) >= 11 is 6.13. The Morgan fingerprint density at radius 2 is 1.81 bits per heavy atom. The van der Waals surface area contributed by atoms with E-state index in [9.17, 15) is 4.79 Å². The second-order valence-corrected chi connectivity index (χ2v) is 6.63. The van der Waals surface area contributed by atoms with Crippen molar-refractivity contribution in [3.8, 4) is 5.75 Å². The zero-order chi connectivity index (χ0) is 17.6. The first-order chi connectivity index (χ1) is 12.2. The largest absolute Gasteiger partial charge is 0.497 e. The van der Waals surface area contributed by atoms with Gasteiger partial charge in [-0.25, -0.2) is 0 Å². The van der Waals surface area contributed by atoms with Gasteiger partial charge in [-0.3, -0.25) is 9.69 Å². The van der Waals surface area contributed by atoms with Gasteiger partial charge in [0.1, 0.15) is 5.75 Å². The molecule has 2 aromatic rings. The molecule has 0 aromatic heterocycles. The highest BCUT2D eigenvalue weighted by Crippen LogP contribution is 2.26. The molecule has 6 heteroatoms. The van der Waals surface area contributed by atoms with Crippen LogP contribution in [0, 0.1) is 0 Å². The van der Waals surface area contributed by atoms with Gasteiger partial charge < -0.3 is 10.1 Å². The molecular weight excluding hydrogens is 371 g/mol. The monoisotopic (exact) mass is 394 g/mol. The summed E-state index contributed by atoms with van der Waals surface area (Å²) in [5.41, 5.74) is 1.70. The fourth-order valence-corrected chi connectivity index (χ4v) is 3.49. The van der Waals surface area contributed by atoms with E-state index < -0.39 is 0 Å². The van der Waals surface area contributed by atoms with Crippen LogP contribution in [0.4, 0.5) is 0 Å². The highest BCUT2D eigenvalue weighted by Gasteiger charge is 2.24. The maximum absolute atomic E-state index is 12.5. The Kier molecular flexibility index (Phi) is 7.76. The van der Waals surface area contributed by atoms with Gasteiger partial charge in [-0.1, -0.05) is 35.9 Å². The molecule has 1 unspecified atom stereocenters. The lowest BCUT2D eigenvalue weighted by atomic mass is 10.0. The maximum atomic E-state index is 12.5. The zero-order valence-corrected chi connectivity index (χ0v) is 16.4. The maximum Gasteiger partial charge on any atom is 0.252 e. The number of amides is 1. The van der Waals surface area contributed by atoms with Gasteiger partial charge in [-0.05, 0) is 55.8 Å². The summed E-state index contributed by atoms with van der Waals surface area (Å²) in [7, 11) is 1.66. The molecule has 0 bridgehead atoms. The fraction of sp³-hybridized carbons (Fsp3) is 0.350. The van der Waals surface area contributed by atoms with Crippen molar-refractivity contribution in [2.45, 2.75) is 18.9 Å². The lowest BCUT2D eigenvalue weighted by Gasteiger charge is -2.28. The average Bonchev–Trinajstić information content (AvgIpc) is 3.17. The number of rotatable bonds is 6. The zero-order valence-electron chi connectivity index (χ0n) is 14.8. The van der Waals surface area contributed by atoms with Crippen LogP contribution >= 0.6 is 24.0 Å². The molecule has 2 aromatic carbocycles. The molecule has 3 rings (SSSR count). The van der Waals surface area contributed by atoms with E-state index in [4.69, 9.17) is 16.3 Å². The van der Waals surface area contributed by atoms with Crippen LogP contribution in [0.2, 0.25) is 5.02 Å². The molecule has 0 radical (unpaired) electrons. The fourth-order valence-electron chi connectivity index (χ4n) is 3.27. The molecule has 4 nitrogen and oxygen atoms in total. The minimum atomic E-state index is -0.136. The van der Waals surface area contributed by atoms with Gasteiger partial charge in [0, 0.05) is 6.54 Å². The minimum Gasteiger partial charge on any atom is -0.497 e. The van der Waals surface area contributed by atoms with Crippen molar-refractivity contribution in [1.29, 1.82) is 0 Å². The topological polar surface area (TPSA) is 41.6 Å². The number of carbonyl (C=O) groups excluding carboxylic acids is 1. The normalized spacial score (nSPS) is 15.2. The van der Waals surface area contributed by atoms with Crippen LogP contribution in [-0.4, -0.2) is 37.6 Å².